The van der Waals surface area contributed by atoms with Crippen molar-refractivity contribution in [1.82, 2.24) is 0 Å². The van der Waals surface area contributed by atoms with Gasteiger partial charge in [-0.05, 0) is 45.3 Å². The third-order valence-corrected chi connectivity index (χ3v) is 3.75. The first-order chi connectivity index (χ1) is 9.53. The van der Waals surface area contributed by atoms with Crippen LogP contribution in [0.2, 0.25) is 0 Å². The molecule has 0 bridgehead atoms. The molecule has 1 fully saturated rings. The highest BCUT2D eigenvalue weighted by Gasteiger charge is 2.52. The van der Waals surface area contributed by atoms with E-state index < -0.39 is 42.3 Å². The predicted octanol–water partition coefficient (Wildman–Crippen LogP) is 2.87. The monoisotopic (exact) mass is 306 g/mol. The standard InChI is InChI=1S/C13H15BF4O3/c1-12(2)13(3,4)21-14(20-12)7-5-8(15)10(9(16)6-7)19-11(17)18/h5-6,11H,1-4H3. The van der Waals surface area contributed by atoms with Crippen LogP contribution in [-0.4, -0.2) is 24.9 Å². The Labute approximate surface area is 120 Å². The van der Waals surface area contributed by atoms with Crippen LogP contribution in [0.4, 0.5) is 17.6 Å². The molecule has 1 aromatic carbocycles. The molecule has 0 radical (unpaired) electrons. The minimum absolute atomic E-state index is 0.0604. The van der Waals surface area contributed by atoms with Crippen LogP contribution in [0.1, 0.15) is 27.7 Å². The summed E-state index contributed by atoms with van der Waals surface area (Å²) >= 11 is 0. The van der Waals surface area contributed by atoms with E-state index in [4.69, 9.17) is 9.31 Å². The van der Waals surface area contributed by atoms with Gasteiger partial charge in [0.2, 0.25) is 0 Å². The number of halogens is 4. The highest BCUT2D eigenvalue weighted by atomic mass is 19.3. The van der Waals surface area contributed by atoms with Gasteiger partial charge in [-0.1, -0.05) is 0 Å². The molecular weight excluding hydrogens is 291 g/mol. The molecule has 1 aromatic rings. The van der Waals surface area contributed by atoms with Crippen molar-refractivity contribution in [3.63, 3.8) is 0 Å². The van der Waals surface area contributed by atoms with Crippen molar-refractivity contribution in [2.24, 2.45) is 0 Å². The van der Waals surface area contributed by atoms with E-state index in [1.807, 2.05) is 0 Å². The van der Waals surface area contributed by atoms with Crippen LogP contribution in [-0.2, 0) is 9.31 Å². The van der Waals surface area contributed by atoms with Crippen LogP contribution in [0, 0.1) is 11.6 Å². The Hall–Kier alpha value is -1.28. The van der Waals surface area contributed by atoms with Gasteiger partial charge in [0.15, 0.2) is 17.4 Å². The van der Waals surface area contributed by atoms with Gasteiger partial charge in [0, 0.05) is 0 Å². The van der Waals surface area contributed by atoms with Gasteiger partial charge in [-0.3, -0.25) is 0 Å². The molecule has 0 amide bonds. The fourth-order valence-electron chi connectivity index (χ4n) is 1.90. The van der Waals surface area contributed by atoms with Crippen LogP contribution in [0.5, 0.6) is 5.75 Å². The van der Waals surface area contributed by atoms with Crippen LogP contribution in [0.3, 0.4) is 0 Å². The predicted molar refractivity (Wildman–Crippen MR) is 68.7 cm³/mol. The first-order valence-electron chi connectivity index (χ1n) is 6.33. The van der Waals surface area contributed by atoms with Gasteiger partial charge >= 0.3 is 13.7 Å². The van der Waals surface area contributed by atoms with Crippen molar-refractivity contribution in [2.75, 3.05) is 0 Å². The molecule has 21 heavy (non-hydrogen) atoms. The first kappa shape index (κ1) is 16.1. The molecule has 0 saturated carbocycles. The summed E-state index contributed by atoms with van der Waals surface area (Å²) in [6, 6.07) is 1.73. The fraction of sp³-hybridized carbons (Fsp3) is 0.538. The average molecular weight is 306 g/mol. The van der Waals surface area contributed by atoms with Crippen molar-refractivity contribution in [3.05, 3.63) is 23.8 Å². The Morgan fingerprint density at radius 2 is 1.43 bits per heavy atom. The third-order valence-electron chi connectivity index (χ3n) is 3.75. The molecule has 0 atom stereocenters. The van der Waals surface area contributed by atoms with Gasteiger partial charge in [0.05, 0.1) is 11.2 Å². The lowest BCUT2D eigenvalue weighted by Crippen LogP contribution is -2.41. The highest BCUT2D eigenvalue weighted by Crippen LogP contribution is 2.36. The van der Waals surface area contributed by atoms with Crippen molar-refractivity contribution in [3.8, 4) is 5.75 Å². The van der Waals surface area contributed by atoms with E-state index in [2.05, 4.69) is 4.74 Å². The van der Waals surface area contributed by atoms with E-state index in [9.17, 15) is 17.6 Å². The van der Waals surface area contributed by atoms with Gasteiger partial charge in [-0.15, -0.1) is 0 Å². The summed E-state index contributed by atoms with van der Waals surface area (Å²) in [4.78, 5) is 0. The second kappa shape index (κ2) is 5.17. The van der Waals surface area contributed by atoms with Crippen molar-refractivity contribution in [2.45, 2.75) is 45.5 Å². The molecule has 0 aliphatic carbocycles. The molecule has 1 heterocycles. The molecule has 0 N–H and O–H groups in total. The Kier molecular flexibility index (Phi) is 3.97. The molecule has 116 valence electrons. The SMILES string of the molecule is CC1(C)OB(c2cc(F)c(OC(F)F)c(F)c2)OC1(C)C. The highest BCUT2D eigenvalue weighted by molar-refractivity contribution is 6.62. The normalized spacial score (nSPS) is 20.1. The smallest absolute Gasteiger partial charge is 0.429 e. The maximum Gasteiger partial charge on any atom is 0.495 e. The van der Waals surface area contributed by atoms with Crippen molar-refractivity contribution < 1.29 is 31.6 Å². The van der Waals surface area contributed by atoms with Gasteiger partial charge in [-0.25, -0.2) is 8.78 Å². The number of hydrogen-bond acceptors (Lipinski definition) is 3. The summed E-state index contributed by atoms with van der Waals surface area (Å²) < 4.78 is 66.6. The zero-order chi connectivity index (χ0) is 16.0. The number of alkyl halides is 2. The third kappa shape index (κ3) is 3.01. The van der Waals surface area contributed by atoms with E-state index >= 15 is 0 Å². The van der Waals surface area contributed by atoms with Crippen LogP contribution >= 0.6 is 0 Å². The number of hydrogen-bond donors (Lipinski definition) is 0. The summed E-state index contributed by atoms with van der Waals surface area (Å²) in [7, 11) is -0.986. The Balaban J connectivity index is 2.31. The quantitative estimate of drug-likeness (QED) is 0.635. The topological polar surface area (TPSA) is 27.7 Å². The molecule has 1 aliphatic rings. The Morgan fingerprint density at radius 3 is 1.81 bits per heavy atom. The molecule has 0 unspecified atom stereocenters. The average Bonchev–Trinajstić information content (AvgIpc) is 2.53. The van der Waals surface area contributed by atoms with E-state index in [0.29, 0.717) is 0 Å². The van der Waals surface area contributed by atoms with E-state index in [1.165, 1.54) is 0 Å². The second-order valence-corrected chi connectivity index (χ2v) is 5.78. The van der Waals surface area contributed by atoms with Crippen molar-refractivity contribution >= 4 is 12.6 Å². The summed E-state index contributed by atoms with van der Waals surface area (Å²) in [5.74, 6) is -3.59. The molecular formula is C13H15BF4O3. The molecule has 0 spiro atoms. The number of rotatable bonds is 3. The minimum atomic E-state index is -3.31. The number of ether oxygens (including phenoxy) is 1. The molecule has 3 nitrogen and oxygen atoms in total. The van der Waals surface area contributed by atoms with Gasteiger partial charge in [0.25, 0.3) is 0 Å². The lowest BCUT2D eigenvalue weighted by Gasteiger charge is -2.32. The summed E-state index contributed by atoms with van der Waals surface area (Å²) in [5.41, 5.74) is -1.30. The molecule has 0 aromatic heterocycles. The van der Waals surface area contributed by atoms with Gasteiger partial charge in [-0.2, -0.15) is 8.78 Å². The number of benzene rings is 1. The van der Waals surface area contributed by atoms with Crippen LogP contribution in [0.15, 0.2) is 12.1 Å². The summed E-state index contributed by atoms with van der Waals surface area (Å²) in [6.07, 6.45) is 0. The zero-order valence-corrected chi connectivity index (χ0v) is 12.0. The molecule has 8 heteroatoms. The second-order valence-electron chi connectivity index (χ2n) is 5.78. The van der Waals surface area contributed by atoms with E-state index in [0.717, 1.165) is 12.1 Å². The summed E-state index contributed by atoms with van der Waals surface area (Å²) in [5, 5.41) is 0. The molecule has 2 rings (SSSR count). The zero-order valence-electron chi connectivity index (χ0n) is 12.0. The Morgan fingerprint density at radius 1 is 1.00 bits per heavy atom. The van der Waals surface area contributed by atoms with Crippen molar-refractivity contribution in [1.29, 1.82) is 0 Å². The van der Waals surface area contributed by atoms with E-state index in [-0.39, 0.29) is 5.46 Å². The fourth-order valence-corrected chi connectivity index (χ4v) is 1.90. The molecule has 1 aliphatic heterocycles. The minimum Gasteiger partial charge on any atom is -0.429 e. The Bertz CT molecular complexity index is 509. The first-order valence-corrected chi connectivity index (χ1v) is 6.33. The lowest BCUT2D eigenvalue weighted by molar-refractivity contribution is -0.0546. The largest absolute Gasteiger partial charge is 0.495 e. The van der Waals surface area contributed by atoms with Crippen LogP contribution < -0.4 is 10.2 Å². The van der Waals surface area contributed by atoms with E-state index in [1.54, 1.807) is 27.7 Å². The maximum atomic E-state index is 13.7. The molecule has 1 saturated heterocycles. The van der Waals surface area contributed by atoms with Gasteiger partial charge < -0.3 is 14.0 Å². The van der Waals surface area contributed by atoms with Gasteiger partial charge in [0.1, 0.15) is 0 Å². The lowest BCUT2D eigenvalue weighted by atomic mass is 9.79. The van der Waals surface area contributed by atoms with Crippen LogP contribution in [0.25, 0.3) is 0 Å². The maximum absolute atomic E-state index is 13.7. The summed E-state index contributed by atoms with van der Waals surface area (Å²) in [6.45, 7) is 3.83.